The number of hydrogen-bond acceptors (Lipinski definition) is 8. The highest BCUT2D eigenvalue weighted by atomic mass is 32.2. The van der Waals surface area contributed by atoms with Gasteiger partial charge in [0.05, 0.1) is 13.2 Å². The maximum Gasteiger partial charge on any atom is 0.248 e. The molecule has 0 atom stereocenters. The molecule has 1 aromatic carbocycles. The SMILES string of the molecule is COCC(C)(C)COc1ccc(-c2ccc(-c3nc(S(C)(=O)=O)n(COCC[Si](C)(C)C)n3)cc2)cn1. The summed E-state index contributed by atoms with van der Waals surface area (Å²) in [5.74, 6) is 0.890. The van der Waals surface area contributed by atoms with Crippen LogP contribution in [0.25, 0.3) is 22.5 Å². The lowest BCUT2D eigenvalue weighted by molar-refractivity contribution is 0.0628. The highest BCUT2D eigenvalue weighted by Gasteiger charge is 2.21. The molecular formula is C26H38N4O5SSi. The second-order valence-corrected chi connectivity index (χ2v) is 18.7. The smallest absolute Gasteiger partial charge is 0.248 e. The Labute approximate surface area is 221 Å². The number of hydrogen-bond donors (Lipinski definition) is 0. The van der Waals surface area contributed by atoms with Crippen LogP contribution in [0.15, 0.2) is 47.8 Å². The lowest BCUT2D eigenvalue weighted by Gasteiger charge is -2.23. The zero-order valence-corrected chi connectivity index (χ0v) is 24.6. The molecule has 37 heavy (non-hydrogen) atoms. The van der Waals surface area contributed by atoms with Gasteiger partial charge in [-0.1, -0.05) is 57.8 Å². The minimum atomic E-state index is -3.57. The van der Waals surface area contributed by atoms with Crippen molar-refractivity contribution in [2.45, 2.75) is 51.4 Å². The molecule has 0 aliphatic rings. The summed E-state index contributed by atoms with van der Waals surface area (Å²) in [6.07, 6.45) is 2.89. The first-order chi connectivity index (χ1) is 17.3. The van der Waals surface area contributed by atoms with Crippen molar-refractivity contribution in [3.05, 3.63) is 42.6 Å². The Morgan fingerprint density at radius 3 is 2.19 bits per heavy atom. The van der Waals surface area contributed by atoms with Crippen LogP contribution < -0.4 is 4.74 Å². The fourth-order valence-electron chi connectivity index (χ4n) is 3.49. The molecule has 0 fully saturated rings. The Bertz CT molecular complexity index is 1270. The maximum atomic E-state index is 12.3. The van der Waals surface area contributed by atoms with Crippen LogP contribution in [0.5, 0.6) is 5.88 Å². The van der Waals surface area contributed by atoms with Crippen LogP contribution in [0, 0.1) is 5.41 Å². The number of rotatable bonds is 13. The number of benzene rings is 1. The van der Waals surface area contributed by atoms with E-state index in [1.54, 1.807) is 13.3 Å². The number of sulfone groups is 1. The average molecular weight is 547 g/mol. The third-order valence-electron chi connectivity index (χ3n) is 5.54. The van der Waals surface area contributed by atoms with Crippen LogP contribution in [-0.4, -0.2) is 69.4 Å². The summed E-state index contributed by atoms with van der Waals surface area (Å²) in [5.41, 5.74) is 2.49. The molecule has 0 radical (unpaired) electrons. The first-order valence-electron chi connectivity index (χ1n) is 12.2. The molecule has 0 aliphatic heterocycles. The van der Waals surface area contributed by atoms with Crippen LogP contribution in [0.3, 0.4) is 0 Å². The monoisotopic (exact) mass is 546 g/mol. The van der Waals surface area contributed by atoms with Crippen LogP contribution >= 0.6 is 0 Å². The summed E-state index contributed by atoms with van der Waals surface area (Å²) in [6, 6.07) is 12.4. The van der Waals surface area contributed by atoms with Crippen LogP contribution in [0.4, 0.5) is 0 Å². The van der Waals surface area contributed by atoms with E-state index in [0.29, 0.717) is 37.1 Å². The number of pyridine rings is 1. The molecule has 11 heteroatoms. The number of methoxy groups -OCH3 is 1. The van der Waals surface area contributed by atoms with Crippen molar-refractivity contribution in [1.82, 2.24) is 19.7 Å². The number of aromatic nitrogens is 4. The maximum absolute atomic E-state index is 12.3. The van der Waals surface area contributed by atoms with Crippen molar-refractivity contribution in [1.29, 1.82) is 0 Å². The lowest BCUT2D eigenvalue weighted by Crippen LogP contribution is -2.26. The Balaban J connectivity index is 1.71. The Kier molecular flexibility index (Phi) is 9.27. The lowest BCUT2D eigenvalue weighted by atomic mass is 9.96. The second-order valence-electron chi connectivity index (χ2n) is 11.2. The first-order valence-corrected chi connectivity index (χ1v) is 17.8. The molecule has 0 aliphatic carbocycles. The van der Waals surface area contributed by atoms with E-state index >= 15 is 0 Å². The Morgan fingerprint density at radius 2 is 1.62 bits per heavy atom. The molecular weight excluding hydrogens is 508 g/mol. The van der Waals surface area contributed by atoms with Gasteiger partial charge in [-0.2, -0.15) is 4.98 Å². The van der Waals surface area contributed by atoms with Gasteiger partial charge in [-0.05, 0) is 17.7 Å². The van der Waals surface area contributed by atoms with E-state index in [-0.39, 0.29) is 17.3 Å². The molecule has 2 heterocycles. The fourth-order valence-corrected chi connectivity index (χ4v) is 4.97. The molecule has 3 aromatic rings. The summed E-state index contributed by atoms with van der Waals surface area (Å²) in [7, 11) is -3.14. The zero-order chi connectivity index (χ0) is 27.3. The van der Waals surface area contributed by atoms with Gasteiger partial charge in [0.1, 0.15) is 6.73 Å². The molecule has 0 amide bonds. The van der Waals surface area contributed by atoms with Crippen LogP contribution in [-0.2, 0) is 26.0 Å². The molecule has 0 unspecified atom stereocenters. The Morgan fingerprint density at radius 1 is 0.973 bits per heavy atom. The van der Waals surface area contributed by atoms with Crippen molar-refractivity contribution in [2.24, 2.45) is 5.41 Å². The minimum absolute atomic E-state index is 0.0424. The van der Waals surface area contributed by atoms with Gasteiger partial charge in [-0.3, -0.25) is 0 Å². The molecule has 0 saturated carbocycles. The molecule has 0 spiro atoms. The normalized spacial score (nSPS) is 12.6. The standard InChI is InChI=1S/C26H38N4O5SSi/c1-26(2,17-33-3)18-35-23-13-12-22(16-27-23)20-8-10-21(11-9-20)24-28-25(36(4,31)32)30(29-24)19-34-14-15-37(5,6)7/h8-13,16H,14-15,17-19H2,1-7H3. The Hall–Kier alpha value is -2.60. The van der Waals surface area contributed by atoms with E-state index in [1.807, 2.05) is 36.4 Å². The summed E-state index contributed by atoms with van der Waals surface area (Å²) >= 11 is 0. The predicted molar refractivity (Wildman–Crippen MR) is 147 cm³/mol. The van der Waals surface area contributed by atoms with Crippen LogP contribution in [0.1, 0.15) is 13.8 Å². The van der Waals surface area contributed by atoms with E-state index < -0.39 is 17.9 Å². The molecule has 0 bridgehead atoms. The van der Waals surface area contributed by atoms with Crippen molar-refractivity contribution < 1.29 is 22.6 Å². The molecule has 202 valence electrons. The topological polar surface area (TPSA) is 105 Å². The highest BCUT2D eigenvalue weighted by Crippen LogP contribution is 2.25. The summed E-state index contributed by atoms with van der Waals surface area (Å²) in [4.78, 5) is 8.72. The van der Waals surface area contributed by atoms with Gasteiger partial charge in [-0.25, -0.2) is 18.1 Å². The van der Waals surface area contributed by atoms with Gasteiger partial charge < -0.3 is 14.2 Å². The highest BCUT2D eigenvalue weighted by molar-refractivity contribution is 7.90. The number of ether oxygens (including phenoxy) is 3. The van der Waals surface area contributed by atoms with Gasteiger partial charge in [-0.15, -0.1) is 5.10 Å². The van der Waals surface area contributed by atoms with E-state index in [4.69, 9.17) is 14.2 Å². The van der Waals surface area contributed by atoms with Gasteiger partial charge in [0.15, 0.2) is 5.82 Å². The van der Waals surface area contributed by atoms with E-state index in [1.165, 1.54) is 4.68 Å². The zero-order valence-electron chi connectivity index (χ0n) is 22.8. The molecule has 9 nitrogen and oxygen atoms in total. The van der Waals surface area contributed by atoms with Gasteiger partial charge in [0.25, 0.3) is 0 Å². The predicted octanol–water partition coefficient (Wildman–Crippen LogP) is 4.77. The number of nitrogens with zero attached hydrogens (tertiary/aromatic N) is 4. The molecule has 0 N–H and O–H groups in total. The molecule has 0 saturated heterocycles. The second kappa shape index (κ2) is 11.8. The first kappa shape index (κ1) is 29.0. The van der Waals surface area contributed by atoms with E-state index in [0.717, 1.165) is 23.4 Å². The molecule has 2 aromatic heterocycles. The largest absolute Gasteiger partial charge is 0.477 e. The van der Waals surface area contributed by atoms with Gasteiger partial charge in [0, 0.05) is 56.9 Å². The quantitative estimate of drug-likeness (QED) is 0.223. The van der Waals surface area contributed by atoms with Crippen molar-refractivity contribution in [3.63, 3.8) is 0 Å². The van der Waals surface area contributed by atoms with Gasteiger partial charge >= 0.3 is 0 Å². The average Bonchev–Trinajstić information content (AvgIpc) is 3.25. The summed E-state index contributed by atoms with van der Waals surface area (Å²) < 4.78 is 42.7. The van der Waals surface area contributed by atoms with Crippen molar-refractivity contribution in [3.8, 4) is 28.4 Å². The van der Waals surface area contributed by atoms with Gasteiger partial charge in [0.2, 0.25) is 20.9 Å². The summed E-state index contributed by atoms with van der Waals surface area (Å²) in [5, 5.41) is 4.32. The van der Waals surface area contributed by atoms with E-state index in [9.17, 15) is 8.42 Å². The summed E-state index contributed by atoms with van der Waals surface area (Å²) in [6.45, 7) is 12.6. The third kappa shape index (κ3) is 8.73. The van der Waals surface area contributed by atoms with E-state index in [2.05, 4.69) is 48.6 Å². The van der Waals surface area contributed by atoms with Crippen LogP contribution in [0.2, 0.25) is 25.7 Å². The van der Waals surface area contributed by atoms with Crippen molar-refractivity contribution in [2.75, 3.05) is 33.2 Å². The van der Waals surface area contributed by atoms with Crippen molar-refractivity contribution >= 4 is 17.9 Å². The fraction of sp³-hybridized carbons (Fsp3) is 0.500. The molecule has 3 rings (SSSR count). The third-order valence-corrected chi connectivity index (χ3v) is 8.21. The minimum Gasteiger partial charge on any atom is -0.477 e.